The fourth-order valence-electron chi connectivity index (χ4n) is 16.7. The second-order valence-corrected chi connectivity index (χ2v) is 27.0. The van der Waals surface area contributed by atoms with Crippen molar-refractivity contribution in [2.24, 2.45) is 0 Å². The molecule has 0 bridgehead atoms. The lowest BCUT2D eigenvalue weighted by molar-refractivity contribution is 0.660. The lowest BCUT2D eigenvalue weighted by atomic mass is 9.80. The second-order valence-electron chi connectivity index (χ2n) is 27.0. The Morgan fingerprint density at radius 3 is 0.798 bits per heavy atom. The highest BCUT2D eigenvalue weighted by Crippen LogP contribution is 2.56. The van der Waals surface area contributed by atoms with Gasteiger partial charge in [-0.2, -0.15) is 0 Å². The van der Waals surface area contributed by atoms with Gasteiger partial charge in [0.25, 0.3) is 0 Å². The Balaban J connectivity index is 0.000000134. The first kappa shape index (κ1) is 51.8. The van der Waals surface area contributed by atoms with E-state index >= 15 is 0 Å². The molecule has 0 radical (unpaired) electrons. The van der Waals surface area contributed by atoms with E-state index in [2.05, 4.69) is 321 Å². The van der Waals surface area contributed by atoms with Gasteiger partial charge in [-0.15, -0.1) is 0 Å². The molecule has 0 atom stereocenters. The summed E-state index contributed by atoms with van der Waals surface area (Å²) >= 11 is 0. The third-order valence-corrected chi connectivity index (χ3v) is 21.3. The molecule has 14 aromatic rings. The summed E-state index contributed by atoms with van der Waals surface area (Å²) in [4.78, 5) is 0. The average molecular weight is 1130 g/mol. The molecule has 0 heteroatoms. The van der Waals surface area contributed by atoms with Crippen LogP contribution in [-0.4, -0.2) is 0 Å². The van der Waals surface area contributed by atoms with E-state index in [0.29, 0.717) is 0 Å². The lowest BCUT2D eigenvalue weighted by Crippen LogP contribution is -2.15. The smallest absolute Gasteiger partial charge is 0.0159 e. The first-order valence-corrected chi connectivity index (χ1v) is 31.7. The topological polar surface area (TPSA) is 0 Å². The van der Waals surface area contributed by atoms with Gasteiger partial charge in [-0.1, -0.05) is 290 Å². The SMILES string of the molecule is CC1(C)c2cc(-c3ccc4c5c(cccc35)-c3ccccc3-4)ccc2-c2ccc(-c3ccc4c5c(cccc35)-c3ccccc3-4)cc21.CC1(C)c2ccccc2-c2ccc(-c3ccc(-c4ccc5c(c4)C(C)(C)c4cc(-c6ccccc6)ccc4-5)cc3)cc21. The Kier molecular flexibility index (Phi) is 10.9. The van der Waals surface area contributed by atoms with Gasteiger partial charge in [-0.3, -0.25) is 0 Å². The van der Waals surface area contributed by atoms with E-state index in [0.717, 1.165) is 0 Å². The highest BCUT2D eigenvalue weighted by molar-refractivity contribution is 6.20. The molecule has 0 heterocycles. The van der Waals surface area contributed by atoms with Crippen molar-refractivity contribution < 1.29 is 0 Å². The van der Waals surface area contributed by atoms with Crippen molar-refractivity contribution in [3.8, 4) is 134 Å². The number of hydrogen-bond donors (Lipinski definition) is 0. The van der Waals surface area contributed by atoms with Gasteiger partial charge >= 0.3 is 0 Å². The summed E-state index contributed by atoms with van der Waals surface area (Å²) in [6.45, 7) is 14.2. The van der Waals surface area contributed by atoms with Crippen LogP contribution in [0.4, 0.5) is 0 Å². The molecule has 0 unspecified atom stereocenters. The maximum atomic E-state index is 2.47. The molecule has 420 valence electrons. The van der Waals surface area contributed by atoms with Gasteiger partial charge in [0.15, 0.2) is 0 Å². The van der Waals surface area contributed by atoms with Crippen molar-refractivity contribution in [2.75, 3.05) is 0 Å². The van der Waals surface area contributed by atoms with Crippen LogP contribution in [0.1, 0.15) is 74.9 Å². The third-order valence-electron chi connectivity index (χ3n) is 21.3. The fraction of sp³-hybridized carbons (Fsp3) is 0.101. The first-order chi connectivity index (χ1) is 43.4. The Morgan fingerprint density at radius 1 is 0.157 bits per heavy atom. The predicted octanol–water partition coefficient (Wildman–Crippen LogP) is 24.2. The van der Waals surface area contributed by atoms with Crippen LogP contribution in [0.5, 0.6) is 0 Å². The lowest BCUT2D eigenvalue weighted by Gasteiger charge is -2.23. The molecule has 0 saturated carbocycles. The fourth-order valence-corrected chi connectivity index (χ4v) is 16.7. The highest BCUT2D eigenvalue weighted by Gasteiger charge is 2.39. The Labute approximate surface area is 522 Å². The van der Waals surface area contributed by atoms with Crippen LogP contribution in [0.3, 0.4) is 0 Å². The molecule has 0 nitrogen and oxygen atoms in total. The van der Waals surface area contributed by atoms with Gasteiger partial charge in [0.05, 0.1) is 0 Å². The van der Waals surface area contributed by atoms with E-state index in [9.17, 15) is 0 Å². The first-order valence-electron chi connectivity index (χ1n) is 31.7. The van der Waals surface area contributed by atoms with E-state index in [4.69, 9.17) is 0 Å². The normalized spacial score (nSPS) is 14.4. The molecule has 0 N–H and O–H groups in total. The molecule has 0 amide bonds. The minimum Gasteiger partial charge on any atom is -0.0622 e. The quantitative estimate of drug-likeness (QED) is 0.161. The summed E-state index contributed by atoms with van der Waals surface area (Å²) in [6.07, 6.45) is 0. The van der Waals surface area contributed by atoms with Gasteiger partial charge in [0.1, 0.15) is 0 Å². The van der Waals surface area contributed by atoms with Crippen LogP contribution in [-0.2, 0) is 16.2 Å². The number of fused-ring (bicyclic) bond motifs is 15. The summed E-state index contributed by atoms with van der Waals surface area (Å²) in [5.41, 5.74) is 40.1. The number of hydrogen-bond acceptors (Lipinski definition) is 0. The molecule has 89 heavy (non-hydrogen) atoms. The zero-order chi connectivity index (χ0) is 59.7. The summed E-state index contributed by atoms with van der Waals surface area (Å²) in [7, 11) is 0. The van der Waals surface area contributed by atoms with Gasteiger partial charge < -0.3 is 0 Å². The molecule has 0 fully saturated rings. The third kappa shape index (κ3) is 7.47. The predicted molar refractivity (Wildman–Crippen MR) is 377 cm³/mol. The van der Waals surface area contributed by atoms with Crippen molar-refractivity contribution in [2.45, 2.75) is 57.8 Å². The Morgan fingerprint density at radius 2 is 0.404 bits per heavy atom. The summed E-state index contributed by atoms with van der Waals surface area (Å²) in [5.74, 6) is 0. The minimum absolute atomic E-state index is 0.0124. The van der Waals surface area contributed by atoms with E-state index in [-0.39, 0.29) is 16.2 Å². The highest BCUT2D eigenvalue weighted by atomic mass is 14.4. The summed E-state index contributed by atoms with van der Waals surface area (Å²) < 4.78 is 0. The molecule has 0 saturated heterocycles. The molecule has 0 aliphatic heterocycles. The minimum atomic E-state index is -0.118. The van der Waals surface area contributed by atoms with E-state index in [1.54, 1.807) is 0 Å². The summed E-state index contributed by atoms with van der Waals surface area (Å²) in [6, 6.07) is 105. The van der Waals surface area contributed by atoms with Crippen LogP contribution >= 0.6 is 0 Å². The van der Waals surface area contributed by atoms with Crippen LogP contribution in [0.2, 0.25) is 0 Å². The van der Waals surface area contributed by atoms with Crippen molar-refractivity contribution in [3.05, 3.63) is 312 Å². The van der Waals surface area contributed by atoms with Crippen molar-refractivity contribution in [1.82, 2.24) is 0 Å². The van der Waals surface area contributed by atoms with E-state index < -0.39 is 0 Å². The monoisotopic (exact) mass is 1130 g/mol. The maximum absolute atomic E-state index is 2.47. The van der Waals surface area contributed by atoms with Gasteiger partial charge in [0.2, 0.25) is 0 Å². The van der Waals surface area contributed by atoms with Crippen LogP contribution in [0.25, 0.3) is 155 Å². The molecule has 5 aliphatic carbocycles. The Hall–Kier alpha value is -10.4. The van der Waals surface area contributed by atoms with Crippen molar-refractivity contribution >= 4 is 21.5 Å². The zero-order valence-corrected chi connectivity index (χ0v) is 51.1. The van der Waals surface area contributed by atoms with Crippen molar-refractivity contribution in [3.63, 3.8) is 0 Å². The number of benzene rings is 14. The second kappa shape index (κ2) is 18.8. The largest absolute Gasteiger partial charge is 0.0622 e. The number of rotatable bonds is 5. The molecule has 0 aromatic heterocycles. The van der Waals surface area contributed by atoms with Gasteiger partial charge in [-0.05, 0) is 219 Å². The van der Waals surface area contributed by atoms with E-state index in [1.165, 1.54) is 188 Å². The summed E-state index contributed by atoms with van der Waals surface area (Å²) in [5, 5.41) is 5.43. The Bertz CT molecular complexity index is 5130. The van der Waals surface area contributed by atoms with Gasteiger partial charge in [-0.25, -0.2) is 0 Å². The molecule has 5 aliphatic rings. The molecular formula is C89H64. The zero-order valence-electron chi connectivity index (χ0n) is 51.1. The van der Waals surface area contributed by atoms with Crippen LogP contribution in [0.15, 0.2) is 279 Å². The van der Waals surface area contributed by atoms with Crippen LogP contribution < -0.4 is 0 Å². The molecule has 0 spiro atoms. The van der Waals surface area contributed by atoms with E-state index in [1.807, 2.05) is 0 Å². The van der Waals surface area contributed by atoms with Crippen LogP contribution in [0, 0.1) is 0 Å². The van der Waals surface area contributed by atoms with Crippen molar-refractivity contribution in [1.29, 1.82) is 0 Å². The van der Waals surface area contributed by atoms with Gasteiger partial charge in [0, 0.05) is 16.2 Å². The molecule has 19 rings (SSSR count). The standard InChI is InChI=1S/C47H30.C42H34/c1-47(2)43-25-27(29-21-23-41-33-11-5-3-9-31(33)39-15-7-13-37(29)45(39)41)17-19-35(43)36-20-18-28(26-44(36)47)30-22-24-42-34-12-6-4-10-32(34)40-16-8-14-38(30)46(40)42;1-41(2)37-13-9-8-12-33(37)34-21-19-31(25-38(34)41)28-14-16-29(17-15-28)32-20-23-36-35-22-18-30(27-10-6-5-7-11-27)24-39(35)42(3,4)40(36)26-32/h3-26H,1-2H3;5-26H,1-4H3. The average Bonchev–Trinajstić information content (AvgIpc) is 1.73. The molecule has 14 aromatic carbocycles. The molecular weight excluding hydrogens is 1070 g/mol. The maximum Gasteiger partial charge on any atom is 0.0159 e.